The first kappa shape index (κ1) is 17.5. The molecule has 25 heavy (non-hydrogen) atoms. The first-order chi connectivity index (χ1) is 12.2. The molecule has 1 amide bonds. The number of hydrogen-bond acceptors (Lipinski definition) is 4. The van der Waals surface area contributed by atoms with Crippen LogP contribution in [-0.2, 0) is 4.79 Å². The second-order valence-corrected chi connectivity index (χ2v) is 7.37. The highest BCUT2D eigenvalue weighted by Crippen LogP contribution is 2.25. The molecule has 0 aliphatic rings. The number of unbranched alkanes of at least 4 members (excludes halogenated alkanes) is 1. The van der Waals surface area contributed by atoms with Crippen LogP contribution in [-0.4, -0.2) is 21.9 Å². The van der Waals surface area contributed by atoms with E-state index >= 15 is 0 Å². The lowest BCUT2D eigenvalue weighted by Gasteiger charge is -2.11. The van der Waals surface area contributed by atoms with Gasteiger partial charge in [0.25, 0.3) is 0 Å². The number of fused-ring (bicyclic) bond motifs is 1. The number of nitrogens with zero attached hydrogens (tertiary/aromatic N) is 1. The summed E-state index contributed by atoms with van der Waals surface area (Å²) in [4.78, 5) is 16.7. The summed E-state index contributed by atoms with van der Waals surface area (Å²) in [5, 5.41) is 2.91. The molecule has 0 bridgehead atoms. The predicted octanol–water partition coefficient (Wildman–Crippen LogP) is 5.36. The largest absolute Gasteiger partial charge is 0.436 e. The summed E-state index contributed by atoms with van der Waals surface area (Å²) in [5.74, 6) is 1.64. The number of amides is 1. The highest BCUT2D eigenvalue weighted by atomic mass is 32.2. The van der Waals surface area contributed by atoms with Gasteiger partial charge in [0.1, 0.15) is 5.52 Å². The summed E-state index contributed by atoms with van der Waals surface area (Å²) >= 11 is 1.69. The number of aromatic nitrogens is 1. The molecule has 130 valence electrons. The van der Waals surface area contributed by atoms with Crippen LogP contribution in [0.4, 0.5) is 5.69 Å². The number of carbonyl (C=O) groups is 1. The van der Waals surface area contributed by atoms with Crippen LogP contribution in [0.3, 0.4) is 0 Å². The zero-order valence-corrected chi connectivity index (χ0v) is 15.3. The lowest BCUT2D eigenvalue weighted by Crippen LogP contribution is -2.22. The third-order valence-corrected chi connectivity index (χ3v) is 5.17. The van der Waals surface area contributed by atoms with Crippen LogP contribution in [0.5, 0.6) is 0 Å². The molecule has 0 spiro atoms. The molecule has 1 N–H and O–H groups in total. The Labute approximate surface area is 152 Å². The Morgan fingerprint density at radius 2 is 1.96 bits per heavy atom. The maximum absolute atomic E-state index is 12.2. The molecule has 0 saturated heterocycles. The molecule has 1 atom stereocenters. The van der Waals surface area contributed by atoms with E-state index in [1.165, 1.54) is 0 Å². The van der Waals surface area contributed by atoms with E-state index in [0.29, 0.717) is 5.89 Å². The minimum absolute atomic E-state index is 0.0377. The van der Waals surface area contributed by atoms with E-state index in [4.69, 9.17) is 4.42 Å². The first-order valence-corrected chi connectivity index (χ1v) is 9.60. The van der Waals surface area contributed by atoms with Crippen molar-refractivity contribution in [3.05, 3.63) is 48.5 Å². The van der Waals surface area contributed by atoms with Crippen molar-refractivity contribution < 1.29 is 9.21 Å². The van der Waals surface area contributed by atoms with Crippen LogP contribution in [0.1, 0.15) is 26.7 Å². The Morgan fingerprint density at radius 3 is 2.68 bits per heavy atom. The minimum atomic E-state index is -0.0525. The van der Waals surface area contributed by atoms with Crippen molar-refractivity contribution in [1.82, 2.24) is 4.98 Å². The molecule has 1 unspecified atom stereocenters. The number of thioether (sulfide) groups is 1. The van der Waals surface area contributed by atoms with Gasteiger partial charge in [-0.3, -0.25) is 4.79 Å². The number of benzene rings is 2. The topological polar surface area (TPSA) is 55.1 Å². The summed E-state index contributed by atoms with van der Waals surface area (Å²) in [7, 11) is 0. The highest BCUT2D eigenvalue weighted by molar-refractivity contribution is 8.00. The fourth-order valence-corrected chi connectivity index (χ4v) is 3.44. The molecule has 3 aromatic rings. The third kappa shape index (κ3) is 4.42. The number of para-hydroxylation sites is 2. The van der Waals surface area contributed by atoms with Crippen LogP contribution in [0, 0.1) is 0 Å². The van der Waals surface area contributed by atoms with E-state index in [1.807, 2.05) is 55.5 Å². The molecule has 0 saturated carbocycles. The quantitative estimate of drug-likeness (QED) is 0.581. The van der Waals surface area contributed by atoms with Crippen molar-refractivity contribution in [2.24, 2.45) is 0 Å². The summed E-state index contributed by atoms with van der Waals surface area (Å²) < 4.78 is 5.77. The van der Waals surface area contributed by atoms with Crippen LogP contribution in [0.25, 0.3) is 22.6 Å². The van der Waals surface area contributed by atoms with Gasteiger partial charge in [0.15, 0.2) is 5.58 Å². The molecular weight excluding hydrogens is 332 g/mol. The molecular formula is C20H22N2O2S. The van der Waals surface area contributed by atoms with Crippen molar-refractivity contribution in [1.29, 1.82) is 0 Å². The number of carbonyl (C=O) groups excluding carboxylic acids is 1. The third-order valence-electron chi connectivity index (χ3n) is 3.93. The Morgan fingerprint density at radius 1 is 1.20 bits per heavy atom. The Bertz CT molecular complexity index is 809. The highest BCUT2D eigenvalue weighted by Gasteiger charge is 2.13. The SMILES string of the molecule is CCCCSC(C)C(=O)Nc1ccc(-c2nc3ccccc3o2)cc1. The van der Waals surface area contributed by atoms with Gasteiger partial charge in [-0.1, -0.05) is 25.5 Å². The Kier molecular flexibility index (Phi) is 5.76. The monoisotopic (exact) mass is 354 g/mol. The van der Waals surface area contributed by atoms with E-state index in [2.05, 4.69) is 17.2 Å². The Balaban J connectivity index is 1.64. The zero-order chi connectivity index (χ0) is 17.6. The molecule has 0 aliphatic heterocycles. The number of nitrogens with one attached hydrogen (secondary N) is 1. The van der Waals surface area contributed by atoms with Gasteiger partial charge in [-0.05, 0) is 55.5 Å². The van der Waals surface area contributed by atoms with E-state index in [1.54, 1.807) is 11.8 Å². The first-order valence-electron chi connectivity index (χ1n) is 8.56. The standard InChI is InChI=1S/C20H22N2O2S/c1-3-4-13-25-14(2)19(23)21-16-11-9-15(10-12-16)20-22-17-7-5-6-8-18(17)24-20/h5-12,14H,3-4,13H2,1-2H3,(H,21,23). The van der Waals surface area contributed by atoms with Crippen LogP contribution in [0.15, 0.2) is 52.9 Å². The van der Waals surface area contributed by atoms with E-state index in [0.717, 1.165) is 40.9 Å². The Hall–Kier alpha value is -2.27. The average Bonchev–Trinajstić information content (AvgIpc) is 3.06. The van der Waals surface area contributed by atoms with Crippen molar-refractivity contribution in [2.75, 3.05) is 11.1 Å². The minimum Gasteiger partial charge on any atom is -0.436 e. The van der Waals surface area contributed by atoms with E-state index < -0.39 is 0 Å². The lowest BCUT2D eigenvalue weighted by atomic mass is 10.2. The molecule has 1 aromatic heterocycles. The van der Waals surface area contributed by atoms with Gasteiger partial charge in [-0.2, -0.15) is 0 Å². The van der Waals surface area contributed by atoms with E-state index in [-0.39, 0.29) is 11.2 Å². The van der Waals surface area contributed by atoms with Gasteiger partial charge < -0.3 is 9.73 Å². The second kappa shape index (κ2) is 8.21. The van der Waals surface area contributed by atoms with E-state index in [9.17, 15) is 4.79 Å². The van der Waals surface area contributed by atoms with Crippen LogP contribution >= 0.6 is 11.8 Å². The van der Waals surface area contributed by atoms with Gasteiger partial charge in [0.2, 0.25) is 11.8 Å². The zero-order valence-electron chi connectivity index (χ0n) is 14.5. The van der Waals surface area contributed by atoms with Gasteiger partial charge in [-0.15, -0.1) is 11.8 Å². The second-order valence-electron chi connectivity index (χ2n) is 5.92. The summed E-state index contributed by atoms with van der Waals surface area (Å²) in [5.41, 5.74) is 3.29. The molecule has 5 heteroatoms. The maximum atomic E-state index is 12.2. The van der Waals surface area contributed by atoms with Crippen molar-refractivity contribution in [3.8, 4) is 11.5 Å². The number of oxazole rings is 1. The van der Waals surface area contributed by atoms with Gasteiger partial charge in [-0.25, -0.2) is 4.98 Å². The van der Waals surface area contributed by atoms with Crippen molar-refractivity contribution in [3.63, 3.8) is 0 Å². The molecule has 0 radical (unpaired) electrons. The lowest BCUT2D eigenvalue weighted by molar-refractivity contribution is -0.115. The number of hydrogen-bond donors (Lipinski definition) is 1. The molecule has 0 aliphatic carbocycles. The molecule has 4 nitrogen and oxygen atoms in total. The molecule has 2 aromatic carbocycles. The molecule has 1 heterocycles. The maximum Gasteiger partial charge on any atom is 0.237 e. The fourth-order valence-electron chi connectivity index (χ4n) is 2.42. The molecule has 3 rings (SSSR count). The fraction of sp³-hybridized carbons (Fsp3) is 0.300. The van der Waals surface area contributed by atoms with Gasteiger partial charge in [0, 0.05) is 11.3 Å². The summed E-state index contributed by atoms with van der Waals surface area (Å²) in [6.45, 7) is 4.10. The number of rotatable bonds is 7. The summed E-state index contributed by atoms with van der Waals surface area (Å²) in [6, 6.07) is 15.3. The van der Waals surface area contributed by atoms with Gasteiger partial charge in [0.05, 0.1) is 5.25 Å². The van der Waals surface area contributed by atoms with Gasteiger partial charge >= 0.3 is 0 Å². The van der Waals surface area contributed by atoms with Crippen LogP contribution in [0.2, 0.25) is 0 Å². The molecule has 0 fully saturated rings. The van der Waals surface area contributed by atoms with Crippen LogP contribution < -0.4 is 5.32 Å². The normalized spacial score (nSPS) is 12.2. The average molecular weight is 354 g/mol. The van der Waals surface area contributed by atoms with Crippen molar-refractivity contribution in [2.45, 2.75) is 31.9 Å². The number of anilines is 1. The predicted molar refractivity (Wildman–Crippen MR) is 105 cm³/mol. The summed E-state index contributed by atoms with van der Waals surface area (Å²) in [6.07, 6.45) is 2.29. The smallest absolute Gasteiger partial charge is 0.237 e. The van der Waals surface area contributed by atoms with Crippen molar-refractivity contribution >= 4 is 34.5 Å².